The van der Waals surface area contributed by atoms with E-state index in [1.54, 1.807) is 12.1 Å². The maximum absolute atomic E-state index is 12.9. The molecule has 0 saturated carbocycles. The summed E-state index contributed by atoms with van der Waals surface area (Å²) in [6, 6.07) is 4.74. The summed E-state index contributed by atoms with van der Waals surface area (Å²) in [5.74, 6) is -4.17. The number of carboxylic acids is 1. The lowest BCUT2D eigenvalue weighted by atomic mass is 10.0. The second-order valence-electron chi connectivity index (χ2n) is 22.5. The van der Waals surface area contributed by atoms with Crippen molar-refractivity contribution in [2.45, 2.75) is 251 Å². The minimum absolute atomic E-state index is 0.0792. The van der Waals surface area contributed by atoms with Gasteiger partial charge in [-0.15, -0.1) is 0 Å². The molecule has 0 radical (unpaired) electrons. The summed E-state index contributed by atoms with van der Waals surface area (Å²) in [5.41, 5.74) is 6.96. The Hall–Kier alpha value is -6.23. The van der Waals surface area contributed by atoms with Gasteiger partial charge in [-0.25, -0.2) is 24.1 Å². The van der Waals surface area contributed by atoms with Gasteiger partial charge in [0.15, 0.2) is 17.3 Å². The standard InChI is InChI=1S/C63H104N9O15P/c1-3-5-7-9-11-13-15-17-19-21-23-25-27-29-31-33-55(74)84-47-52(87-56(75)34-32-30-28-26-24-22-20-18-16-14-12-10-8-6-4-2)48-86-88(81,82)85-44-42-66-63(80)83-43-41-65-54(73)40-39-53(61(78)79)70-59(76)49-35-37-50(38-36-49)67-45-51-46-68-58-57(69-51)60(77)72-62(64)71-58/h35-38,46,52-53,67H,3-34,39-45,47-48H2,1-2H3,(H,65,73)(H,66,80)(H,70,76)(H,78,79)(H,81,82)(H3,64,68,71,72,77)/t52?,53-/m0/s1. The number of carboxylic acid groups (broad SMARTS) is 1. The fourth-order valence-corrected chi connectivity index (χ4v) is 10.4. The highest BCUT2D eigenvalue weighted by Crippen LogP contribution is 2.43. The summed E-state index contributed by atoms with van der Waals surface area (Å²) in [6.45, 7) is 2.53. The number of nitrogen functional groups attached to an aromatic ring is 1. The molecule has 0 spiro atoms. The monoisotopic (exact) mass is 1260 g/mol. The summed E-state index contributed by atoms with van der Waals surface area (Å²) in [7, 11) is -4.75. The molecule has 0 aliphatic carbocycles. The molecule has 0 bridgehead atoms. The van der Waals surface area contributed by atoms with Crippen LogP contribution in [0.15, 0.2) is 30.5 Å². The molecule has 3 atom stereocenters. The highest BCUT2D eigenvalue weighted by Gasteiger charge is 2.27. The fourth-order valence-electron chi connectivity index (χ4n) is 9.64. The predicted octanol–water partition coefficient (Wildman–Crippen LogP) is 12.2. The van der Waals surface area contributed by atoms with Crippen LogP contribution in [-0.2, 0) is 53.5 Å². The van der Waals surface area contributed by atoms with Crippen molar-refractivity contribution in [3.05, 3.63) is 41.7 Å². The van der Waals surface area contributed by atoms with Crippen molar-refractivity contribution in [2.75, 3.05) is 50.6 Å². The quantitative estimate of drug-likeness (QED) is 0.0113. The van der Waals surface area contributed by atoms with E-state index in [0.717, 1.165) is 38.5 Å². The first-order chi connectivity index (χ1) is 42.6. The van der Waals surface area contributed by atoms with Gasteiger partial charge in [-0.1, -0.05) is 194 Å². The Labute approximate surface area is 521 Å². The molecule has 496 valence electrons. The molecule has 0 fully saturated rings. The van der Waals surface area contributed by atoms with E-state index in [2.05, 4.69) is 55.1 Å². The minimum atomic E-state index is -4.75. The number of aliphatic carboxylic acids is 1. The number of hydrogen-bond donors (Lipinski definition) is 8. The molecular formula is C63H104N9O15P. The van der Waals surface area contributed by atoms with Gasteiger partial charge in [-0.05, 0) is 43.5 Å². The van der Waals surface area contributed by atoms with Crippen LogP contribution in [0.3, 0.4) is 0 Å². The molecule has 2 heterocycles. The van der Waals surface area contributed by atoms with Crippen molar-refractivity contribution in [3.8, 4) is 5.88 Å². The van der Waals surface area contributed by atoms with E-state index >= 15 is 0 Å². The van der Waals surface area contributed by atoms with Crippen molar-refractivity contribution in [3.63, 3.8) is 0 Å². The predicted molar refractivity (Wildman–Crippen MR) is 337 cm³/mol. The van der Waals surface area contributed by atoms with Gasteiger partial charge in [-0.3, -0.25) is 28.2 Å². The number of phosphoric ester groups is 1. The zero-order valence-corrected chi connectivity index (χ0v) is 53.5. The SMILES string of the molecule is CCCCCCCCCCCCCCCCCC(=O)OCC(COP(=O)(O)OCCNC(=O)OCCNC(=O)CC[C@H](NC(=O)c1ccc(NCc2cnc3nc(N)nc(O)c3n2)cc1)C(=O)O)OC(=O)CCCCCCCCCCCCCCCCC. The third kappa shape index (κ3) is 37.6. The molecule has 1 aromatic carbocycles. The summed E-state index contributed by atoms with van der Waals surface area (Å²) >= 11 is 0. The van der Waals surface area contributed by atoms with Gasteiger partial charge in [0.1, 0.15) is 19.3 Å². The van der Waals surface area contributed by atoms with Gasteiger partial charge >= 0.3 is 31.8 Å². The van der Waals surface area contributed by atoms with Gasteiger partial charge in [0.2, 0.25) is 17.7 Å². The molecule has 2 aromatic heterocycles. The van der Waals surface area contributed by atoms with E-state index in [-0.39, 0.29) is 81.2 Å². The molecule has 0 saturated heterocycles. The number of nitrogens with zero attached hydrogens (tertiary/aromatic N) is 4. The maximum atomic E-state index is 12.9. The number of nitrogens with two attached hydrogens (primary N) is 1. The van der Waals surface area contributed by atoms with Crippen molar-refractivity contribution in [1.82, 2.24) is 35.9 Å². The average molecular weight is 1260 g/mol. The zero-order valence-electron chi connectivity index (χ0n) is 52.6. The molecule has 3 amide bonds. The van der Waals surface area contributed by atoms with E-state index in [1.807, 2.05) is 0 Å². The normalized spacial score (nSPS) is 12.6. The lowest BCUT2D eigenvalue weighted by Gasteiger charge is -2.20. The van der Waals surface area contributed by atoms with Crippen LogP contribution in [0.1, 0.15) is 248 Å². The Bertz CT molecular complexity index is 2500. The number of phosphoric acid groups is 1. The number of ether oxygens (including phenoxy) is 3. The molecule has 25 heteroatoms. The van der Waals surface area contributed by atoms with Crippen molar-refractivity contribution in [1.29, 1.82) is 0 Å². The fraction of sp³-hybridized carbons (Fsp3) is 0.714. The average Bonchev–Trinajstić information content (AvgIpc) is 3.10. The molecule has 3 aromatic rings. The molecule has 24 nitrogen and oxygen atoms in total. The molecule has 3 rings (SSSR count). The smallest absolute Gasteiger partial charge is 0.472 e. The van der Waals surface area contributed by atoms with Gasteiger partial charge in [0.25, 0.3) is 5.91 Å². The van der Waals surface area contributed by atoms with Gasteiger partial charge in [0.05, 0.1) is 38.2 Å². The number of aromatic hydroxyl groups is 1. The van der Waals surface area contributed by atoms with Crippen LogP contribution in [0.2, 0.25) is 0 Å². The number of fused-ring (bicyclic) bond motifs is 1. The number of unbranched alkanes of at least 4 members (excludes halogenated alkanes) is 28. The van der Waals surface area contributed by atoms with Crippen LogP contribution in [0, 0.1) is 0 Å². The second kappa shape index (κ2) is 47.7. The number of rotatable bonds is 54. The first kappa shape index (κ1) is 76.0. The van der Waals surface area contributed by atoms with Crippen LogP contribution < -0.4 is 27.0 Å². The Morgan fingerprint density at radius 2 is 1.11 bits per heavy atom. The number of nitrogens with one attached hydrogen (secondary N) is 4. The summed E-state index contributed by atoms with van der Waals surface area (Å²) in [4.78, 5) is 102. The number of aromatic nitrogens is 4. The highest BCUT2D eigenvalue weighted by molar-refractivity contribution is 7.47. The molecular weight excluding hydrogens is 1150 g/mol. The van der Waals surface area contributed by atoms with E-state index in [0.29, 0.717) is 24.2 Å². The molecule has 9 N–H and O–H groups in total. The van der Waals surface area contributed by atoms with E-state index in [1.165, 1.54) is 160 Å². The maximum Gasteiger partial charge on any atom is 0.472 e. The van der Waals surface area contributed by atoms with Crippen molar-refractivity contribution in [2.24, 2.45) is 0 Å². The number of carbonyl (C=O) groups excluding carboxylic acids is 5. The number of alkyl carbamates (subject to hydrolysis) is 1. The second-order valence-corrected chi connectivity index (χ2v) is 23.9. The molecule has 2 unspecified atom stereocenters. The molecule has 0 aliphatic heterocycles. The third-order valence-corrected chi connectivity index (χ3v) is 15.7. The lowest BCUT2D eigenvalue weighted by molar-refractivity contribution is -0.161. The number of benzene rings is 1. The Kier molecular flexibility index (Phi) is 41.2. The highest BCUT2D eigenvalue weighted by atomic mass is 31.2. The van der Waals surface area contributed by atoms with Crippen LogP contribution in [0.4, 0.5) is 16.4 Å². The Balaban J connectivity index is 1.31. The van der Waals surface area contributed by atoms with Gasteiger partial charge in [0, 0.05) is 37.1 Å². The summed E-state index contributed by atoms with van der Waals surface area (Å²) in [6.07, 6.45) is 34.9. The lowest BCUT2D eigenvalue weighted by Crippen LogP contribution is -2.41. The van der Waals surface area contributed by atoms with Gasteiger partial charge < -0.3 is 56.3 Å². The third-order valence-electron chi connectivity index (χ3n) is 14.7. The van der Waals surface area contributed by atoms with E-state index < -0.39 is 74.9 Å². The van der Waals surface area contributed by atoms with Crippen LogP contribution in [0.5, 0.6) is 5.88 Å². The first-order valence-corrected chi connectivity index (χ1v) is 34.1. The summed E-state index contributed by atoms with van der Waals surface area (Å²) in [5, 5.41) is 30.1. The Morgan fingerprint density at radius 3 is 1.65 bits per heavy atom. The Morgan fingerprint density at radius 1 is 0.602 bits per heavy atom. The number of anilines is 2. The van der Waals surface area contributed by atoms with Crippen molar-refractivity contribution >= 4 is 66.4 Å². The number of carbonyl (C=O) groups is 6. The molecule has 88 heavy (non-hydrogen) atoms. The number of hydrogen-bond acceptors (Lipinski definition) is 19. The van der Waals surface area contributed by atoms with Crippen molar-refractivity contribution < 1.29 is 71.7 Å². The first-order valence-electron chi connectivity index (χ1n) is 32.6. The number of amides is 3. The molecule has 0 aliphatic rings. The topological polar surface area (TPSA) is 352 Å². The summed E-state index contributed by atoms with van der Waals surface area (Å²) < 4.78 is 39.0. The van der Waals surface area contributed by atoms with Crippen LogP contribution in [0.25, 0.3) is 11.2 Å². The number of esters is 2. The van der Waals surface area contributed by atoms with E-state index in [9.17, 15) is 48.4 Å². The minimum Gasteiger partial charge on any atom is -0.492 e. The van der Waals surface area contributed by atoms with Gasteiger partial charge in [-0.2, -0.15) is 9.97 Å². The van der Waals surface area contributed by atoms with Crippen LogP contribution in [-0.4, -0.2) is 123 Å². The van der Waals surface area contributed by atoms with Crippen LogP contribution >= 0.6 is 7.82 Å². The largest absolute Gasteiger partial charge is 0.492 e. The van der Waals surface area contributed by atoms with E-state index in [4.69, 9.17) is 29.0 Å². The zero-order chi connectivity index (χ0) is 63.9.